The molecule has 2 aromatic heterocycles. The second kappa shape index (κ2) is 13.6. The molecule has 43 heavy (non-hydrogen) atoms. The summed E-state index contributed by atoms with van der Waals surface area (Å²) < 4.78 is 8.08. The fourth-order valence-corrected chi connectivity index (χ4v) is 6.34. The lowest BCUT2D eigenvalue weighted by Gasteiger charge is -2.37. The van der Waals surface area contributed by atoms with Crippen LogP contribution in [0.2, 0.25) is 0 Å². The average molecular weight is 602 g/mol. The summed E-state index contributed by atoms with van der Waals surface area (Å²) in [5, 5.41) is 7.01. The van der Waals surface area contributed by atoms with Gasteiger partial charge in [-0.1, -0.05) is 18.9 Å². The Morgan fingerprint density at radius 3 is 2.47 bits per heavy atom. The highest BCUT2D eigenvalue weighted by atomic mass is 32.2. The number of methoxy groups -OCH3 is 1. The van der Waals surface area contributed by atoms with Gasteiger partial charge in [-0.3, -0.25) is 9.97 Å². The van der Waals surface area contributed by atoms with Gasteiger partial charge in [-0.25, -0.2) is 4.98 Å². The molecule has 228 valence electrons. The van der Waals surface area contributed by atoms with E-state index in [0.717, 1.165) is 78.3 Å². The van der Waals surface area contributed by atoms with Crippen molar-refractivity contribution in [2.24, 2.45) is 0 Å². The summed E-state index contributed by atoms with van der Waals surface area (Å²) in [5.74, 6) is 1.98. The molecule has 0 saturated carbocycles. The predicted octanol–water partition coefficient (Wildman–Crippen LogP) is 6.42. The van der Waals surface area contributed by atoms with Gasteiger partial charge in [0.2, 0.25) is 5.95 Å². The molecule has 5 rings (SSSR count). The van der Waals surface area contributed by atoms with Crippen molar-refractivity contribution in [3.05, 3.63) is 54.0 Å². The fourth-order valence-electron chi connectivity index (χ4n) is 5.71. The molecule has 2 N–H and O–H groups in total. The van der Waals surface area contributed by atoms with Gasteiger partial charge in [0.05, 0.1) is 29.7 Å². The molecule has 0 aliphatic carbocycles. The molecule has 0 atom stereocenters. The minimum atomic E-state index is 0.493. The summed E-state index contributed by atoms with van der Waals surface area (Å²) in [6, 6.07) is 9.00. The number of aryl methyl sites for hydroxylation is 2. The Bertz CT molecular complexity index is 1550. The Labute approximate surface area is 259 Å². The molecule has 1 aliphatic heterocycles. The van der Waals surface area contributed by atoms with Gasteiger partial charge < -0.3 is 29.5 Å². The van der Waals surface area contributed by atoms with E-state index < -0.39 is 0 Å². The standard InChI is InChI=1S/C32H43N9OS/c1-8-22-18-26(28(42-6)19-27(22)40-16-12-23(13-17-40)39(4)5)37-32-35-20-21(3)31(38-32)36-25-11-10-24-29(34-15-14-33-24)30(25)41(9-2)43-7/h10-11,14-15,18-20,23H,8-9,12-13,16-17H2,1-7H3,(H2,35,36,37,38). The molecule has 1 aliphatic rings. The Balaban J connectivity index is 1.44. The van der Waals surface area contributed by atoms with Gasteiger partial charge in [0.25, 0.3) is 0 Å². The molecule has 11 heteroatoms. The minimum Gasteiger partial charge on any atom is -0.494 e. The minimum absolute atomic E-state index is 0.493. The molecule has 1 saturated heterocycles. The number of hydrogen-bond acceptors (Lipinski definition) is 11. The number of benzene rings is 2. The van der Waals surface area contributed by atoms with E-state index in [2.05, 4.69) is 86.0 Å². The number of hydrogen-bond donors (Lipinski definition) is 2. The van der Waals surface area contributed by atoms with Crippen molar-refractivity contribution in [3.8, 4) is 5.75 Å². The van der Waals surface area contributed by atoms with Crippen LogP contribution in [0.5, 0.6) is 5.75 Å². The second-order valence-corrected chi connectivity index (χ2v) is 11.8. The SMILES string of the molecule is CCc1cc(Nc2ncc(C)c(Nc3ccc4nccnc4c3N(CC)SC)n2)c(OC)cc1N1CCC(N(C)C)CC1. The van der Waals surface area contributed by atoms with Crippen LogP contribution >= 0.6 is 11.9 Å². The molecule has 0 bridgehead atoms. The van der Waals surface area contributed by atoms with Gasteiger partial charge in [-0.2, -0.15) is 4.98 Å². The van der Waals surface area contributed by atoms with Gasteiger partial charge >= 0.3 is 0 Å². The van der Waals surface area contributed by atoms with Crippen LogP contribution < -0.4 is 24.6 Å². The Morgan fingerprint density at radius 2 is 1.79 bits per heavy atom. The number of fused-ring (bicyclic) bond motifs is 1. The third-order valence-electron chi connectivity index (χ3n) is 8.16. The van der Waals surface area contributed by atoms with Gasteiger partial charge in [0.15, 0.2) is 0 Å². The number of nitrogens with zero attached hydrogens (tertiary/aromatic N) is 7. The first-order chi connectivity index (χ1) is 20.9. The number of aromatic nitrogens is 4. The molecule has 2 aromatic carbocycles. The first-order valence-corrected chi connectivity index (χ1v) is 16.1. The van der Waals surface area contributed by atoms with Crippen LogP contribution in [0.25, 0.3) is 11.0 Å². The van der Waals surface area contributed by atoms with Crippen LogP contribution in [0.3, 0.4) is 0 Å². The number of anilines is 6. The van der Waals surface area contributed by atoms with E-state index in [1.54, 1.807) is 31.5 Å². The molecule has 10 nitrogen and oxygen atoms in total. The Kier molecular flexibility index (Phi) is 9.72. The number of nitrogens with one attached hydrogen (secondary N) is 2. The van der Waals surface area contributed by atoms with Crippen molar-refractivity contribution < 1.29 is 4.74 Å². The highest BCUT2D eigenvalue weighted by Crippen LogP contribution is 2.39. The van der Waals surface area contributed by atoms with E-state index in [9.17, 15) is 0 Å². The van der Waals surface area contributed by atoms with Gasteiger partial charge in [0, 0.05) is 67.8 Å². The zero-order valence-electron chi connectivity index (χ0n) is 26.3. The van der Waals surface area contributed by atoms with E-state index in [1.165, 1.54) is 11.3 Å². The summed E-state index contributed by atoms with van der Waals surface area (Å²) in [7, 11) is 6.07. The molecule has 0 spiro atoms. The summed E-state index contributed by atoms with van der Waals surface area (Å²) >= 11 is 1.65. The highest BCUT2D eigenvalue weighted by molar-refractivity contribution is 8.00. The van der Waals surface area contributed by atoms with Crippen LogP contribution in [0.4, 0.5) is 34.5 Å². The summed E-state index contributed by atoms with van der Waals surface area (Å²) in [5.41, 5.74) is 7.88. The van der Waals surface area contributed by atoms with E-state index in [1.807, 2.05) is 25.3 Å². The third-order valence-corrected chi connectivity index (χ3v) is 9.04. The van der Waals surface area contributed by atoms with Crippen LogP contribution in [0.1, 0.15) is 37.8 Å². The maximum atomic E-state index is 5.88. The van der Waals surface area contributed by atoms with Crippen LogP contribution in [0, 0.1) is 6.92 Å². The van der Waals surface area contributed by atoms with Gasteiger partial charge in [0.1, 0.15) is 17.1 Å². The van der Waals surface area contributed by atoms with Crippen molar-refractivity contribution >= 4 is 57.5 Å². The molecular formula is C32H43N9OS. The zero-order valence-corrected chi connectivity index (χ0v) is 27.1. The largest absolute Gasteiger partial charge is 0.494 e. The maximum absolute atomic E-state index is 5.88. The molecule has 0 unspecified atom stereocenters. The molecule has 4 aromatic rings. The fraction of sp³-hybridized carbons (Fsp3) is 0.438. The molecule has 3 heterocycles. The average Bonchev–Trinajstić information content (AvgIpc) is 3.03. The Morgan fingerprint density at radius 1 is 1.02 bits per heavy atom. The second-order valence-electron chi connectivity index (χ2n) is 11.0. The van der Waals surface area contributed by atoms with Crippen molar-refractivity contribution in [1.82, 2.24) is 24.8 Å². The molecule has 0 amide bonds. The monoisotopic (exact) mass is 601 g/mol. The lowest BCUT2D eigenvalue weighted by molar-refractivity contribution is 0.249. The van der Waals surface area contributed by atoms with Crippen molar-refractivity contribution in [1.29, 1.82) is 0 Å². The lowest BCUT2D eigenvalue weighted by Crippen LogP contribution is -2.42. The highest BCUT2D eigenvalue weighted by Gasteiger charge is 2.24. The van der Waals surface area contributed by atoms with Gasteiger partial charge in [-0.05, 0) is 71.0 Å². The van der Waals surface area contributed by atoms with Crippen LogP contribution in [0.15, 0.2) is 42.9 Å². The molecule has 1 fully saturated rings. The van der Waals surface area contributed by atoms with E-state index in [0.29, 0.717) is 17.8 Å². The maximum Gasteiger partial charge on any atom is 0.229 e. The van der Waals surface area contributed by atoms with Crippen LogP contribution in [-0.4, -0.2) is 78.0 Å². The van der Waals surface area contributed by atoms with Crippen molar-refractivity contribution in [3.63, 3.8) is 0 Å². The van der Waals surface area contributed by atoms with E-state index in [-0.39, 0.29) is 0 Å². The predicted molar refractivity (Wildman–Crippen MR) is 181 cm³/mol. The smallest absolute Gasteiger partial charge is 0.229 e. The van der Waals surface area contributed by atoms with Gasteiger partial charge in [-0.15, -0.1) is 0 Å². The topological polar surface area (TPSA) is 94.6 Å². The molecular weight excluding hydrogens is 558 g/mol. The molecule has 0 radical (unpaired) electrons. The lowest BCUT2D eigenvalue weighted by atomic mass is 10.0. The van der Waals surface area contributed by atoms with E-state index in [4.69, 9.17) is 9.72 Å². The van der Waals surface area contributed by atoms with Crippen LogP contribution in [-0.2, 0) is 6.42 Å². The normalized spacial score (nSPS) is 13.9. The third kappa shape index (κ3) is 6.57. The van der Waals surface area contributed by atoms with Crippen molar-refractivity contribution in [2.75, 3.05) is 66.9 Å². The number of ether oxygens (including phenoxy) is 1. The van der Waals surface area contributed by atoms with Crippen molar-refractivity contribution in [2.45, 2.75) is 46.1 Å². The van der Waals surface area contributed by atoms with E-state index >= 15 is 0 Å². The summed E-state index contributed by atoms with van der Waals surface area (Å²) in [6.45, 7) is 9.22. The first kappa shape index (κ1) is 30.6. The zero-order chi connectivity index (χ0) is 30.5. The quantitative estimate of drug-likeness (QED) is 0.187. The summed E-state index contributed by atoms with van der Waals surface area (Å²) in [6.07, 6.45) is 10.6. The number of rotatable bonds is 11. The number of piperidine rings is 1. The first-order valence-electron chi connectivity index (χ1n) is 14.9. The Hall–Kier alpha value is -3.83. The summed E-state index contributed by atoms with van der Waals surface area (Å²) in [4.78, 5) is 23.5.